The average molecular weight is 263 g/mol. The highest BCUT2D eigenvalue weighted by Gasteiger charge is 2.25. The molecule has 1 N–H and O–H groups in total. The number of aromatic amines is 1. The quantitative estimate of drug-likeness (QED) is 0.788. The van der Waals surface area contributed by atoms with Crippen molar-refractivity contribution in [3.05, 3.63) is 22.9 Å². The third-order valence-corrected chi connectivity index (χ3v) is 3.72. The van der Waals surface area contributed by atoms with Crippen molar-refractivity contribution < 1.29 is 9.78 Å². The van der Waals surface area contributed by atoms with E-state index in [0.717, 1.165) is 16.3 Å². The fourth-order valence-electron chi connectivity index (χ4n) is 1.51. The van der Waals surface area contributed by atoms with Crippen LogP contribution in [-0.4, -0.2) is 11.5 Å². The van der Waals surface area contributed by atoms with Crippen molar-refractivity contribution in [3.63, 3.8) is 0 Å². The number of carbonyl (C=O) groups excluding carboxylic acids is 1. The van der Waals surface area contributed by atoms with Gasteiger partial charge in [-0.05, 0) is 31.2 Å². The number of pyridine rings is 1. The van der Waals surface area contributed by atoms with Crippen LogP contribution in [0, 0.1) is 18.3 Å². The summed E-state index contributed by atoms with van der Waals surface area (Å²) < 4.78 is 0. The van der Waals surface area contributed by atoms with Crippen LogP contribution in [0.1, 0.15) is 44.5 Å². The highest BCUT2D eigenvalue weighted by molar-refractivity contribution is 7.99. The summed E-state index contributed by atoms with van der Waals surface area (Å²) in [6, 6.07) is 4.21. The lowest BCUT2D eigenvalue weighted by atomic mass is 9.90. The summed E-state index contributed by atoms with van der Waals surface area (Å²) in [6.07, 6.45) is 0. The third kappa shape index (κ3) is 3.58. The van der Waals surface area contributed by atoms with Gasteiger partial charge in [-0.15, -0.1) is 0 Å². The summed E-state index contributed by atoms with van der Waals surface area (Å²) in [5.41, 5.74) is 2.65. The number of nitrogens with one attached hydrogen (secondary N) is 1. The standard InChI is InChI=1S/C14H18N2OS/c1-9-6-12(14(3,4)5)16-13(11(9)7-15)18-8-10(2)17/h6H,8H2,1-5H3/p+1. The van der Waals surface area contributed by atoms with Crippen LogP contribution < -0.4 is 4.98 Å². The minimum absolute atomic E-state index is 0.00964. The molecule has 0 fully saturated rings. The molecule has 0 atom stereocenters. The second-order valence-electron chi connectivity index (χ2n) is 5.42. The number of hydrogen-bond acceptors (Lipinski definition) is 3. The van der Waals surface area contributed by atoms with Gasteiger partial charge in [0.05, 0.1) is 5.75 Å². The molecule has 1 rings (SSSR count). The summed E-state index contributed by atoms with van der Waals surface area (Å²) in [4.78, 5) is 14.4. The Hall–Kier alpha value is -1.34. The SMILES string of the molecule is CC(=O)CSc1[nH+]c(C(C)(C)C)cc(C)c1C#N. The second-order valence-corrected chi connectivity index (χ2v) is 6.41. The summed E-state index contributed by atoms with van der Waals surface area (Å²) in [5, 5.41) is 9.98. The lowest BCUT2D eigenvalue weighted by Crippen LogP contribution is -2.27. The molecule has 0 saturated carbocycles. The van der Waals surface area contributed by atoms with Crippen LogP contribution in [-0.2, 0) is 10.2 Å². The molecule has 0 aliphatic rings. The minimum atomic E-state index is -0.00964. The van der Waals surface area contributed by atoms with Gasteiger partial charge in [0.15, 0.2) is 5.69 Å². The topological polar surface area (TPSA) is 55.0 Å². The van der Waals surface area contributed by atoms with Crippen LogP contribution in [0.25, 0.3) is 0 Å². The van der Waals surface area contributed by atoms with Crippen LogP contribution in [0.5, 0.6) is 0 Å². The monoisotopic (exact) mass is 263 g/mol. The van der Waals surface area contributed by atoms with E-state index >= 15 is 0 Å². The normalized spacial score (nSPS) is 11.1. The number of hydrogen-bond donors (Lipinski definition) is 0. The van der Waals surface area contributed by atoms with Crippen LogP contribution in [0.15, 0.2) is 11.1 Å². The van der Waals surface area contributed by atoms with E-state index in [9.17, 15) is 10.1 Å². The van der Waals surface area contributed by atoms with Crippen molar-refractivity contribution in [1.82, 2.24) is 0 Å². The van der Waals surface area contributed by atoms with Gasteiger partial charge in [0, 0.05) is 11.5 Å². The number of thioether (sulfide) groups is 1. The zero-order chi connectivity index (χ0) is 13.9. The van der Waals surface area contributed by atoms with Gasteiger partial charge in [0.25, 0.3) is 5.03 Å². The Bertz CT molecular complexity index is 510. The molecular weight excluding hydrogens is 244 g/mol. The van der Waals surface area contributed by atoms with E-state index in [1.165, 1.54) is 11.8 Å². The molecule has 3 nitrogen and oxygen atoms in total. The lowest BCUT2D eigenvalue weighted by molar-refractivity contribution is -0.443. The largest absolute Gasteiger partial charge is 0.299 e. The van der Waals surface area contributed by atoms with Crippen molar-refractivity contribution in [2.24, 2.45) is 0 Å². The highest BCUT2D eigenvalue weighted by Crippen LogP contribution is 2.25. The first-order chi connectivity index (χ1) is 8.25. The number of nitrogens with zero attached hydrogens (tertiary/aromatic N) is 1. The number of nitriles is 1. The third-order valence-electron chi connectivity index (χ3n) is 2.57. The Labute approximate surface area is 113 Å². The van der Waals surface area contributed by atoms with E-state index in [1.807, 2.05) is 13.0 Å². The molecule has 18 heavy (non-hydrogen) atoms. The Morgan fingerprint density at radius 1 is 1.50 bits per heavy atom. The van der Waals surface area contributed by atoms with Gasteiger partial charge in [0.1, 0.15) is 17.4 Å². The summed E-state index contributed by atoms with van der Waals surface area (Å²) >= 11 is 1.40. The van der Waals surface area contributed by atoms with Crippen molar-refractivity contribution in [2.45, 2.75) is 45.1 Å². The fraction of sp³-hybridized carbons (Fsp3) is 0.500. The number of rotatable bonds is 3. The van der Waals surface area contributed by atoms with Gasteiger partial charge in [-0.2, -0.15) is 5.26 Å². The molecule has 1 aromatic rings. The zero-order valence-electron chi connectivity index (χ0n) is 11.5. The van der Waals surface area contributed by atoms with Crippen molar-refractivity contribution in [3.8, 4) is 6.07 Å². The Kier molecular flexibility index (Phi) is 4.53. The minimum Gasteiger partial charge on any atom is -0.299 e. The van der Waals surface area contributed by atoms with Crippen LogP contribution in [0.4, 0.5) is 0 Å². The summed E-state index contributed by atoms with van der Waals surface area (Å²) in [5.74, 6) is 0.495. The summed E-state index contributed by atoms with van der Waals surface area (Å²) in [6.45, 7) is 9.83. The maximum Gasteiger partial charge on any atom is 0.257 e. The smallest absolute Gasteiger partial charge is 0.257 e. The van der Waals surface area contributed by atoms with Gasteiger partial charge in [-0.1, -0.05) is 20.8 Å². The molecule has 0 aromatic carbocycles. The molecule has 0 bridgehead atoms. The Morgan fingerprint density at radius 3 is 2.56 bits per heavy atom. The van der Waals surface area contributed by atoms with E-state index in [2.05, 4.69) is 31.8 Å². The molecule has 1 aromatic heterocycles. The van der Waals surface area contributed by atoms with Crippen molar-refractivity contribution in [1.29, 1.82) is 5.26 Å². The van der Waals surface area contributed by atoms with Gasteiger partial charge in [-0.25, -0.2) is 4.98 Å². The highest BCUT2D eigenvalue weighted by atomic mass is 32.2. The van der Waals surface area contributed by atoms with Gasteiger partial charge >= 0.3 is 0 Å². The maximum atomic E-state index is 11.1. The van der Waals surface area contributed by atoms with Crippen LogP contribution in [0.2, 0.25) is 0 Å². The summed E-state index contributed by atoms with van der Waals surface area (Å²) in [7, 11) is 0. The molecule has 96 valence electrons. The fourth-order valence-corrected chi connectivity index (χ4v) is 2.39. The number of ketones is 1. The molecular formula is C14H19N2OS+. The Balaban J connectivity index is 3.25. The van der Waals surface area contributed by atoms with Crippen molar-refractivity contribution in [2.75, 3.05) is 5.75 Å². The zero-order valence-corrected chi connectivity index (χ0v) is 12.4. The number of aryl methyl sites for hydroxylation is 1. The average Bonchev–Trinajstić information content (AvgIpc) is 2.24. The molecule has 0 spiro atoms. The molecule has 0 aliphatic carbocycles. The Morgan fingerprint density at radius 2 is 2.11 bits per heavy atom. The molecule has 0 amide bonds. The van der Waals surface area contributed by atoms with Crippen LogP contribution in [0.3, 0.4) is 0 Å². The second kappa shape index (κ2) is 5.53. The first kappa shape index (κ1) is 14.7. The van der Waals surface area contributed by atoms with E-state index < -0.39 is 0 Å². The molecule has 4 heteroatoms. The van der Waals surface area contributed by atoms with Gasteiger partial charge < -0.3 is 0 Å². The first-order valence-electron chi connectivity index (χ1n) is 5.85. The number of Topliss-reactive ketones (excluding diaryl/α,β-unsaturated/α-hetero) is 1. The number of aromatic nitrogens is 1. The van der Waals surface area contributed by atoms with E-state index in [4.69, 9.17) is 0 Å². The van der Waals surface area contributed by atoms with Gasteiger partial charge in [0.2, 0.25) is 0 Å². The predicted octanol–water partition coefficient (Wildman–Crippen LogP) is 2.66. The predicted molar refractivity (Wildman–Crippen MR) is 72.6 cm³/mol. The lowest BCUT2D eigenvalue weighted by Gasteiger charge is -2.14. The molecule has 0 aliphatic heterocycles. The van der Waals surface area contributed by atoms with E-state index in [0.29, 0.717) is 11.3 Å². The molecule has 0 saturated heterocycles. The van der Waals surface area contributed by atoms with Crippen LogP contribution >= 0.6 is 11.8 Å². The number of H-pyrrole nitrogens is 1. The van der Waals surface area contributed by atoms with E-state index in [-0.39, 0.29) is 11.2 Å². The molecule has 1 heterocycles. The maximum absolute atomic E-state index is 11.1. The molecule has 0 radical (unpaired) electrons. The van der Waals surface area contributed by atoms with Crippen molar-refractivity contribution >= 4 is 17.5 Å². The van der Waals surface area contributed by atoms with E-state index in [1.54, 1.807) is 6.92 Å². The first-order valence-corrected chi connectivity index (χ1v) is 6.84. The van der Waals surface area contributed by atoms with Gasteiger partial charge in [-0.3, -0.25) is 4.79 Å². The molecule has 0 unspecified atom stereocenters. The number of carbonyl (C=O) groups is 1.